The van der Waals surface area contributed by atoms with E-state index in [1.165, 1.54) is 50.0 Å². The molecule has 0 N–H and O–H groups in total. The lowest BCUT2D eigenvalue weighted by atomic mass is 9.85. The highest BCUT2D eigenvalue weighted by atomic mass is 15.2. The van der Waals surface area contributed by atoms with E-state index < -0.39 is 0 Å². The minimum absolute atomic E-state index is 0.567. The molecule has 3 nitrogen and oxygen atoms in total. The maximum absolute atomic E-state index is 2.60. The zero-order valence-electron chi connectivity index (χ0n) is 33.7. The van der Waals surface area contributed by atoms with Gasteiger partial charge in [0.15, 0.2) is 0 Å². The summed E-state index contributed by atoms with van der Waals surface area (Å²) in [6.45, 7) is 35.7. The highest BCUT2D eigenvalue weighted by Gasteiger charge is 2.27. The van der Waals surface area contributed by atoms with Gasteiger partial charge in [0, 0.05) is 56.9 Å². The molecule has 0 aliphatic carbocycles. The van der Waals surface area contributed by atoms with Crippen molar-refractivity contribution in [2.45, 2.75) is 164 Å². The Morgan fingerprint density at radius 3 is 1.63 bits per heavy atom. The number of nitrogens with zero attached hydrogens (tertiary/aromatic N) is 3. The second-order valence-electron chi connectivity index (χ2n) is 16.8. The predicted octanol–water partition coefficient (Wildman–Crippen LogP) is 11.3. The van der Waals surface area contributed by atoms with Gasteiger partial charge in [-0.05, 0) is 136 Å². The molecule has 0 fully saturated rings. The number of rotatable bonds is 6. The average molecular weight is 666 g/mol. The largest absolute Gasteiger partial charge is 0.296 e. The number of fused-ring (bicyclic) bond motifs is 3. The first-order valence-corrected chi connectivity index (χ1v) is 19.8. The highest BCUT2D eigenvalue weighted by molar-refractivity contribution is 5.41. The third kappa shape index (κ3) is 9.87. The molecule has 1 atom stereocenters. The summed E-state index contributed by atoms with van der Waals surface area (Å²) in [7, 11) is 0. The molecule has 0 spiro atoms. The fraction of sp³-hybridized carbons (Fsp3) is 0.609. The summed E-state index contributed by atoms with van der Waals surface area (Å²) >= 11 is 0. The van der Waals surface area contributed by atoms with Crippen molar-refractivity contribution in [2.75, 3.05) is 19.6 Å². The third-order valence-electron chi connectivity index (χ3n) is 11.5. The predicted molar refractivity (Wildman–Crippen MR) is 214 cm³/mol. The van der Waals surface area contributed by atoms with Gasteiger partial charge in [-0.3, -0.25) is 14.7 Å². The van der Waals surface area contributed by atoms with Crippen LogP contribution in [-0.4, -0.2) is 52.5 Å². The van der Waals surface area contributed by atoms with Crippen molar-refractivity contribution < 1.29 is 0 Å². The zero-order valence-corrected chi connectivity index (χ0v) is 33.7. The van der Waals surface area contributed by atoms with Crippen LogP contribution in [0.3, 0.4) is 0 Å². The second-order valence-corrected chi connectivity index (χ2v) is 16.8. The summed E-state index contributed by atoms with van der Waals surface area (Å²) in [5.74, 6) is 1.94. The summed E-state index contributed by atoms with van der Waals surface area (Å²) in [5, 5.41) is 0. The van der Waals surface area contributed by atoms with Gasteiger partial charge in [-0.2, -0.15) is 0 Å². The quantitative estimate of drug-likeness (QED) is 0.259. The Bertz CT molecular complexity index is 1480. The molecule has 3 heterocycles. The standard InChI is InChI=1S/C16H25N.2C15H23N/c1-11(2)14-7-6-8-15-13(5)17(12(3)4)10-9-16(14)15;1-11(2)13-5-6-15-10-16(12(3)4)8-7-14(15)9-13;1-11(2)14-7-5-6-13-10-16(12(3)4)9-8-15(13)14/h6-8,11-13H,9-10H2,1-5H3;5-6,9,11-12H,7-8,10H2,1-4H3;5-7,11-12H,8-10H2,1-4H3. The normalized spacial score (nSPS) is 18.3. The Labute approximate surface area is 302 Å². The van der Waals surface area contributed by atoms with Gasteiger partial charge in [-0.15, -0.1) is 0 Å². The van der Waals surface area contributed by atoms with Crippen molar-refractivity contribution in [3.63, 3.8) is 0 Å². The maximum atomic E-state index is 2.60. The average Bonchev–Trinajstić information content (AvgIpc) is 3.07. The molecule has 0 saturated heterocycles. The van der Waals surface area contributed by atoms with Crippen molar-refractivity contribution in [3.8, 4) is 0 Å². The van der Waals surface area contributed by atoms with Crippen LogP contribution in [0.25, 0.3) is 0 Å². The van der Waals surface area contributed by atoms with E-state index >= 15 is 0 Å². The topological polar surface area (TPSA) is 9.72 Å². The number of hydrogen-bond donors (Lipinski definition) is 0. The molecule has 3 aromatic rings. The molecular formula is C46H71N3. The summed E-state index contributed by atoms with van der Waals surface area (Å²) in [4.78, 5) is 7.72. The van der Waals surface area contributed by atoms with Crippen LogP contribution in [0.1, 0.15) is 164 Å². The molecule has 3 aliphatic heterocycles. The monoisotopic (exact) mass is 666 g/mol. The van der Waals surface area contributed by atoms with E-state index in [0.29, 0.717) is 41.9 Å². The highest BCUT2D eigenvalue weighted by Crippen LogP contribution is 2.35. The van der Waals surface area contributed by atoms with Crippen LogP contribution >= 0.6 is 0 Å². The van der Waals surface area contributed by atoms with E-state index in [-0.39, 0.29) is 0 Å². The Hall–Kier alpha value is -2.46. The third-order valence-corrected chi connectivity index (χ3v) is 11.5. The fourth-order valence-electron chi connectivity index (χ4n) is 8.20. The van der Waals surface area contributed by atoms with Crippen LogP contribution in [-0.2, 0) is 32.4 Å². The summed E-state index contributed by atoms with van der Waals surface area (Å²) in [6, 6.07) is 23.3. The molecule has 0 bridgehead atoms. The van der Waals surface area contributed by atoms with Gasteiger partial charge < -0.3 is 0 Å². The van der Waals surface area contributed by atoms with E-state index in [1.54, 1.807) is 38.9 Å². The van der Waals surface area contributed by atoms with E-state index in [9.17, 15) is 0 Å². The molecule has 6 rings (SSSR count). The maximum Gasteiger partial charge on any atom is 0.0325 e. The summed E-state index contributed by atoms with van der Waals surface area (Å²) in [5.41, 5.74) is 14.0. The SMILES string of the molecule is CC(C)c1ccc2c(c1)CCN(C(C)C)C2.CC(C)c1cccc2c1CCN(C(C)C)C2.CC(C)c1cccc2c1CCN(C(C)C)C2C. The molecule has 0 radical (unpaired) electrons. The minimum Gasteiger partial charge on any atom is -0.296 e. The molecule has 270 valence electrons. The molecule has 0 amide bonds. The first-order valence-electron chi connectivity index (χ1n) is 19.8. The van der Waals surface area contributed by atoms with Crippen molar-refractivity contribution in [2.24, 2.45) is 0 Å². The Morgan fingerprint density at radius 2 is 1.06 bits per heavy atom. The molecule has 3 aliphatic rings. The van der Waals surface area contributed by atoms with Crippen molar-refractivity contribution >= 4 is 0 Å². The van der Waals surface area contributed by atoms with Gasteiger partial charge in [0.1, 0.15) is 0 Å². The van der Waals surface area contributed by atoms with E-state index in [0.717, 1.165) is 13.1 Å². The minimum atomic E-state index is 0.567. The van der Waals surface area contributed by atoms with E-state index in [1.807, 2.05) is 0 Å². The van der Waals surface area contributed by atoms with Gasteiger partial charge >= 0.3 is 0 Å². The van der Waals surface area contributed by atoms with Gasteiger partial charge in [-0.25, -0.2) is 0 Å². The second kappa shape index (κ2) is 17.7. The first-order chi connectivity index (χ1) is 23.2. The van der Waals surface area contributed by atoms with Crippen LogP contribution in [0.15, 0.2) is 54.6 Å². The lowest BCUT2D eigenvalue weighted by Crippen LogP contribution is -2.39. The van der Waals surface area contributed by atoms with Crippen molar-refractivity contribution in [1.29, 1.82) is 0 Å². The Kier molecular flexibility index (Phi) is 14.2. The Balaban J connectivity index is 0.000000166. The Morgan fingerprint density at radius 1 is 0.510 bits per heavy atom. The lowest BCUT2D eigenvalue weighted by molar-refractivity contribution is 0.154. The molecule has 0 saturated carbocycles. The summed E-state index contributed by atoms with van der Waals surface area (Å²) in [6.07, 6.45) is 3.65. The van der Waals surface area contributed by atoms with Gasteiger partial charge in [0.05, 0.1) is 0 Å². The van der Waals surface area contributed by atoms with Crippen LogP contribution in [0.5, 0.6) is 0 Å². The van der Waals surface area contributed by atoms with Crippen molar-refractivity contribution in [3.05, 3.63) is 105 Å². The number of hydrogen-bond acceptors (Lipinski definition) is 3. The fourth-order valence-corrected chi connectivity index (χ4v) is 8.20. The van der Waals surface area contributed by atoms with Gasteiger partial charge in [0.2, 0.25) is 0 Å². The zero-order chi connectivity index (χ0) is 36.0. The molecule has 3 heteroatoms. The molecule has 0 aromatic heterocycles. The van der Waals surface area contributed by atoms with Crippen LogP contribution in [0, 0.1) is 0 Å². The molecule has 49 heavy (non-hydrogen) atoms. The number of benzene rings is 3. The van der Waals surface area contributed by atoms with E-state index in [4.69, 9.17) is 0 Å². The summed E-state index contributed by atoms with van der Waals surface area (Å²) < 4.78 is 0. The smallest absolute Gasteiger partial charge is 0.0325 e. The molecule has 3 aromatic carbocycles. The lowest BCUT2D eigenvalue weighted by Gasteiger charge is -2.39. The van der Waals surface area contributed by atoms with Crippen LogP contribution < -0.4 is 0 Å². The van der Waals surface area contributed by atoms with E-state index in [2.05, 4.69) is 159 Å². The first kappa shape index (κ1) is 39.3. The molecular weight excluding hydrogens is 595 g/mol. The van der Waals surface area contributed by atoms with Gasteiger partial charge in [0.25, 0.3) is 0 Å². The molecule has 1 unspecified atom stereocenters. The van der Waals surface area contributed by atoms with Crippen LogP contribution in [0.2, 0.25) is 0 Å². The van der Waals surface area contributed by atoms with Crippen molar-refractivity contribution in [1.82, 2.24) is 14.7 Å². The van der Waals surface area contributed by atoms with Gasteiger partial charge in [-0.1, -0.05) is 96.1 Å². The van der Waals surface area contributed by atoms with Crippen LogP contribution in [0.4, 0.5) is 0 Å².